The molecule has 0 aliphatic heterocycles. The molecular formula is C28H42N6O5. The molecule has 0 bridgehead atoms. The van der Waals surface area contributed by atoms with E-state index in [1.165, 1.54) is 18.0 Å². The van der Waals surface area contributed by atoms with Crippen LogP contribution in [0.3, 0.4) is 0 Å². The van der Waals surface area contributed by atoms with Gasteiger partial charge in [0.15, 0.2) is 11.2 Å². The van der Waals surface area contributed by atoms with Gasteiger partial charge in [-0.3, -0.25) is 13.9 Å². The maximum Gasteiger partial charge on any atom is 0.332 e. The summed E-state index contributed by atoms with van der Waals surface area (Å²) < 4.78 is 3.92. The van der Waals surface area contributed by atoms with Crippen molar-refractivity contribution in [3.05, 3.63) is 56.7 Å². The van der Waals surface area contributed by atoms with E-state index >= 15 is 0 Å². The topological polar surface area (TPSA) is 147 Å². The number of nitrogens with zero attached hydrogens (tertiary/aromatic N) is 4. The second-order valence-electron chi connectivity index (χ2n) is 11.0. The molecular weight excluding hydrogens is 500 g/mol. The monoisotopic (exact) mass is 542 g/mol. The van der Waals surface area contributed by atoms with Gasteiger partial charge in [0.1, 0.15) is 0 Å². The van der Waals surface area contributed by atoms with Crippen molar-refractivity contribution in [3.8, 4) is 0 Å². The predicted octanol–water partition coefficient (Wildman–Crippen LogP) is 1.25. The number of aliphatic hydroxyl groups is 3. The first-order valence-corrected chi connectivity index (χ1v) is 13.9. The van der Waals surface area contributed by atoms with Crippen LogP contribution >= 0.6 is 0 Å². The molecule has 1 aromatic carbocycles. The first kappa shape index (κ1) is 29.0. The fourth-order valence-electron chi connectivity index (χ4n) is 5.56. The van der Waals surface area contributed by atoms with Crippen molar-refractivity contribution in [2.75, 3.05) is 11.9 Å². The average Bonchev–Trinajstić information content (AvgIpc) is 3.31. The lowest BCUT2D eigenvalue weighted by atomic mass is 9.83. The Bertz CT molecular complexity index is 1360. The Kier molecular flexibility index (Phi) is 9.27. The van der Waals surface area contributed by atoms with Gasteiger partial charge in [-0.25, -0.2) is 4.79 Å². The van der Waals surface area contributed by atoms with Crippen molar-refractivity contribution in [2.24, 2.45) is 20.0 Å². The van der Waals surface area contributed by atoms with Crippen LogP contribution in [-0.4, -0.2) is 64.8 Å². The molecule has 5 unspecified atom stereocenters. The Balaban J connectivity index is 1.57. The fraction of sp³-hybridized carbons (Fsp3) is 0.607. The maximum absolute atomic E-state index is 13.2. The van der Waals surface area contributed by atoms with Crippen LogP contribution in [0.15, 0.2) is 39.9 Å². The zero-order valence-electron chi connectivity index (χ0n) is 23.2. The van der Waals surface area contributed by atoms with E-state index in [0.29, 0.717) is 5.95 Å². The zero-order chi connectivity index (χ0) is 28.3. The molecule has 0 spiro atoms. The molecule has 3 aromatic rings. The van der Waals surface area contributed by atoms with Crippen LogP contribution in [0.4, 0.5) is 5.95 Å². The number of hydrogen-bond acceptors (Lipinski definition) is 8. The molecule has 5 atom stereocenters. The molecule has 11 nitrogen and oxygen atoms in total. The molecule has 39 heavy (non-hydrogen) atoms. The molecule has 1 fully saturated rings. The summed E-state index contributed by atoms with van der Waals surface area (Å²) in [5, 5.41) is 39.1. The summed E-state index contributed by atoms with van der Waals surface area (Å²) in [6.07, 6.45) is 3.03. The minimum Gasteiger partial charge on any atom is -0.391 e. The van der Waals surface area contributed by atoms with Gasteiger partial charge in [0.25, 0.3) is 5.56 Å². The number of nitrogens with one attached hydrogen (secondary N) is 2. The Morgan fingerprint density at radius 2 is 1.64 bits per heavy atom. The van der Waals surface area contributed by atoms with Crippen molar-refractivity contribution >= 4 is 17.1 Å². The molecule has 0 saturated heterocycles. The lowest BCUT2D eigenvalue weighted by molar-refractivity contribution is 0.0720. The summed E-state index contributed by atoms with van der Waals surface area (Å²) in [5.74, 6) is 0.491. The molecule has 0 amide bonds. The number of anilines is 1. The normalized spacial score (nSPS) is 18.5. The summed E-state index contributed by atoms with van der Waals surface area (Å²) >= 11 is 0. The van der Waals surface area contributed by atoms with Crippen molar-refractivity contribution in [1.82, 2.24) is 24.0 Å². The minimum absolute atomic E-state index is 0.0136. The molecule has 4 rings (SSSR count). The number of aryl methyl sites for hydroxylation is 1. The van der Waals surface area contributed by atoms with E-state index in [9.17, 15) is 24.9 Å². The Morgan fingerprint density at radius 3 is 2.31 bits per heavy atom. The highest BCUT2D eigenvalue weighted by Crippen LogP contribution is 2.29. The second-order valence-corrected chi connectivity index (χ2v) is 11.0. The molecule has 2 aromatic heterocycles. The summed E-state index contributed by atoms with van der Waals surface area (Å²) in [4.78, 5) is 30.3. The van der Waals surface area contributed by atoms with Crippen LogP contribution in [0.1, 0.15) is 57.6 Å². The van der Waals surface area contributed by atoms with E-state index in [0.717, 1.165) is 35.8 Å². The summed E-state index contributed by atoms with van der Waals surface area (Å²) in [6.45, 7) is 3.88. The van der Waals surface area contributed by atoms with Gasteiger partial charge in [0, 0.05) is 26.7 Å². The van der Waals surface area contributed by atoms with Crippen LogP contribution in [-0.2, 0) is 20.6 Å². The molecule has 1 saturated carbocycles. The first-order chi connectivity index (χ1) is 18.6. The van der Waals surface area contributed by atoms with Gasteiger partial charge < -0.3 is 30.5 Å². The number of imidazole rings is 1. The van der Waals surface area contributed by atoms with Gasteiger partial charge in [0.2, 0.25) is 5.95 Å². The van der Waals surface area contributed by atoms with Crippen LogP contribution in [0.25, 0.3) is 11.2 Å². The van der Waals surface area contributed by atoms with Crippen LogP contribution in [0.5, 0.6) is 0 Å². The smallest absolute Gasteiger partial charge is 0.332 e. The number of benzene rings is 1. The quantitative estimate of drug-likeness (QED) is 0.243. The van der Waals surface area contributed by atoms with Gasteiger partial charge in [-0.1, -0.05) is 49.6 Å². The van der Waals surface area contributed by atoms with E-state index in [2.05, 4.69) is 15.6 Å². The van der Waals surface area contributed by atoms with Crippen LogP contribution in [0, 0.1) is 5.92 Å². The van der Waals surface area contributed by atoms with Crippen molar-refractivity contribution in [3.63, 3.8) is 0 Å². The number of hydrogen-bond donors (Lipinski definition) is 5. The van der Waals surface area contributed by atoms with Crippen molar-refractivity contribution in [1.29, 1.82) is 0 Å². The number of aliphatic hydroxyl groups excluding tert-OH is 3. The van der Waals surface area contributed by atoms with Crippen molar-refractivity contribution in [2.45, 2.75) is 82.9 Å². The third-order valence-corrected chi connectivity index (χ3v) is 8.03. The number of aromatic nitrogens is 4. The highest BCUT2D eigenvalue weighted by atomic mass is 16.3. The second kappa shape index (κ2) is 12.5. The van der Waals surface area contributed by atoms with E-state index in [4.69, 9.17) is 0 Å². The Hall–Kier alpha value is -2.99. The van der Waals surface area contributed by atoms with Gasteiger partial charge in [0.05, 0.1) is 30.9 Å². The maximum atomic E-state index is 13.2. The minimum atomic E-state index is -0.936. The highest BCUT2D eigenvalue weighted by molar-refractivity contribution is 5.74. The molecule has 0 radical (unpaired) electrons. The lowest BCUT2D eigenvalue weighted by Gasteiger charge is -2.31. The van der Waals surface area contributed by atoms with E-state index in [-0.39, 0.29) is 42.3 Å². The zero-order valence-corrected chi connectivity index (χ0v) is 23.2. The lowest BCUT2D eigenvalue weighted by Crippen LogP contribution is -2.41. The van der Waals surface area contributed by atoms with E-state index in [1.807, 2.05) is 44.2 Å². The van der Waals surface area contributed by atoms with Crippen molar-refractivity contribution < 1.29 is 15.3 Å². The molecule has 2 heterocycles. The van der Waals surface area contributed by atoms with Gasteiger partial charge in [-0.2, -0.15) is 4.98 Å². The Labute approximate surface area is 228 Å². The van der Waals surface area contributed by atoms with Gasteiger partial charge >= 0.3 is 5.69 Å². The average molecular weight is 543 g/mol. The summed E-state index contributed by atoms with van der Waals surface area (Å²) in [6, 6.07) is 8.60. The fourth-order valence-corrected chi connectivity index (χ4v) is 5.56. The molecule has 5 N–H and O–H groups in total. The molecule has 1 aliphatic carbocycles. The number of rotatable bonds is 11. The van der Waals surface area contributed by atoms with E-state index < -0.39 is 29.6 Å². The summed E-state index contributed by atoms with van der Waals surface area (Å²) in [7, 11) is 2.96. The third kappa shape index (κ3) is 6.27. The summed E-state index contributed by atoms with van der Waals surface area (Å²) in [5.41, 5.74) is 0.164. The number of fused-ring (bicyclic) bond motifs is 1. The van der Waals surface area contributed by atoms with Crippen LogP contribution in [0.2, 0.25) is 0 Å². The largest absolute Gasteiger partial charge is 0.391 e. The third-order valence-electron chi connectivity index (χ3n) is 8.03. The SMILES string of the molecule is CC(NCC(O)Cn1c(NC(C)C(O)C2CCCCC2)nc2c1c(=O)n(C)c(=O)n2C)C(O)c1ccccc1. The first-order valence-electron chi connectivity index (χ1n) is 13.9. The molecule has 11 heteroatoms. The molecule has 1 aliphatic rings. The van der Waals surface area contributed by atoms with Crippen LogP contribution < -0.4 is 21.9 Å². The van der Waals surface area contributed by atoms with Gasteiger partial charge in [-0.05, 0) is 38.2 Å². The standard InChI is InChI=1S/C28H42N6O5/c1-17(23(36)19-11-7-5-8-12-19)29-15-21(35)16-34-22-25(32(3)28(39)33(4)26(22)38)31-27(34)30-18(2)24(37)20-13-9-6-10-14-20/h5,7-8,11-12,17-18,20-21,23-24,29,35-37H,6,9-10,13-16H2,1-4H3,(H,30,31). The highest BCUT2D eigenvalue weighted by Gasteiger charge is 2.29. The predicted molar refractivity (Wildman–Crippen MR) is 151 cm³/mol. The Morgan fingerprint density at radius 1 is 0.974 bits per heavy atom. The van der Waals surface area contributed by atoms with E-state index in [1.54, 1.807) is 11.6 Å². The molecule has 214 valence electrons. The van der Waals surface area contributed by atoms with Gasteiger partial charge in [-0.15, -0.1) is 0 Å².